The number of nitrogens with one attached hydrogen (secondary N) is 1. The van der Waals surface area contributed by atoms with Crippen molar-refractivity contribution in [3.8, 4) is 0 Å². The molecule has 20 heavy (non-hydrogen) atoms. The Labute approximate surface area is 119 Å². The van der Waals surface area contributed by atoms with Crippen molar-refractivity contribution in [3.63, 3.8) is 0 Å². The van der Waals surface area contributed by atoms with Gasteiger partial charge in [-0.25, -0.2) is 4.98 Å². The van der Waals surface area contributed by atoms with Crippen molar-refractivity contribution >= 4 is 22.9 Å². The predicted octanol–water partition coefficient (Wildman–Crippen LogP) is 2.29. The Kier molecular flexibility index (Phi) is 4.09. The van der Waals surface area contributed by atoms with Gasteiger partial charge >= 0.3 is 0 Å². The number of imidazole rings is 1. The molecule has 0 bridgehead atoms. The van der Waals surface area contributed by atoms with Crippen molar-refractivity contribution in [1.82, 2.24) is 9.55 Å². The molecule has 0 aliphatic carbocycles. The standard InChI is InChI=1S/C15H22N4O/c1-5-19-12-7-6-10(4)8-11(12)17-15(19)18-14(20)13(16)9(2)3/h6-9,13H,5,16H2,1-4H3,(H,17,18,20)/t13-/m0/s1. The summed E-state index contributed by atoms with van der Waals surface area (Å²) in [5, 5.41) is 2.84. The summed E-state index contributed by atoms with van der Waals surface area (Å²) in [4.78, 5) is 16.6. The highest BCUT2D eigenvalue weighted by Crippen LogP contribution is 2.21. The van der Waals surface area contributed by atoms with Gasteiger partial charge in [0.2, 0.25) is 11.9 Å². The molecule has 2 rings (SSSR count). The van der Waals surface area contributed by atoms with E-state index < -0.39 is 6.04 Å². The number of aromatic nitrogens is 2. The zero-order valence-corrected chi connectivity index (χ0v) is 12.5. The summed E-state index contributed by atoms with van der Waals surface area (Å²) in [7, 11) is 0. The first-order valence-corrected chi connectivity index (χ1v) is 6.97. The van der Waals surface area contributed by atoms with Crippen LogP contribution in [-0.4, -0.2) is 21.5 Å². The number of hydrogen-bond donors (Lipinski definition) is 2. The van der Waals surface area contributed by atoms with Crippen LogP contribution in [0, 0.1) is 12.8 Å². The lowest BCUT2D eigenvalue weighted by Crippen LogP contribution is -2.40. The fourth-order valence-electron chi connectivity index (χ4n) is 2.15. The van der Waals surface area contributed by atoms with E-state index in [0.717, 1.165) is 23.1 Å². The lowest BCUT2D eigenvalue weighted by atomic mass is 10.1. The predicted molar refractivity (Wildman–Crippen MR) is 81.6 cm³/mol. The molecule has 5 heteroatoms. The number of anilines is 1. The van der Waals surface area contributed by atoms with Gasteiger partial charge in [0, 0.05) is 6.54 Å². The second-order valence-corrected chi connectivity index (χ2v) is 5.43. The van der Waals surface area contributed by atoms with Gasteiger partial charge in [-0.1, -0.05) is 19.9 Å². The number of amides is 1. The lowest BCUT2D eigenvalue weighted by Gasteiger charge is -2.15. The molecule has 108 valence electrons. The topological polar surface area (TPSA) is 72.9 Å². The molecule has 1 aromatic carbocycles. The lowest BCUT2D eigenvalue weighted by molar-refractivity contribution is -0.118. The van der Waals surface area contributed by atoms with Gasteiger partial charge in [0.25, 0.3) is 0 Å². The summed E-state index contributed by atoms with van der Waals surface area (Å²) in [5.74, 6) is 0.465. The van der Waals surface area contributed by atoms with Crippen LogP contribution in [-0.2, 0) is 11.3 Å². The zero-order valence-electron chi connectivity index (χ0n) is 12.5. The number of carbonyl (C=O) groups is 1. The minimum absolute atomic E-state index is 0.0942. The molecule has 0 aliphatic rings. The van der Waals surface area contributed by atoms with Crippen molar-refractivity contribution in [2.45, 2.75) is 40.3 Å². The number of hydrogen-bond acceptors (Lipinski definition) is 3. The third-order valence-electron chi connectivity index (χ3n) is 3.48. The molecule has 0 saturated heterocycles. The monoisotopic (exact) mass is 274 g/mol. The summed E-state index contributed by atoms with van der Waals surface area (Å²) in [5.41, 5.74) is 8.93. The first kappa shape index (κ1) is 14.5. The Balaban J connectivity index is 2.37. The molecule has 5 nitrogen and oxygen atoms in total. The normalized spacial score (nSPS) is 12.9. The molecular formula is C15H22N4O. The summed E-state index contributed by atoms with van der Waals surface area (Å²) < 4.78 is 1.99. The average Bonchev–Trinajstić information content (AvgIpc) is 2.73. The van der Waals surface area contributed by atoms with E-state index in [0.29, 0.717) is 5.95 Å². The van der Waals surface area contributed by atoms with E-state index in [-0.39, 0.29) is 11.8 Å². The summed E-state index contributed by atoms with van der Waals surface area (Å²) in [6.07, 6.45) is 0. The Morgan fingerprint density at radius 2 is 2.15 bits per heavy atom. The molecule has 0 unspecified atom stereocenters. The van der Waals surface area contributed by atoms with Crippen molar-refractivity contribution in [2.75, 3.05) is 5.32 Å². The van der Waals surface area contributed by atoms with Crippen LogP contribution < -0.4 is 11.1 Å². The molecule has 1 amide bonds. The minimum atomic E-state index is -0.526. The number of aryl methyl sites for hydroxylation is 2. The third-order valence-corrected chi connectivity index (χ3v) is 3.48. The number of nitrogens with two attached hydrogens (primary N) is 1. The zero-order chi connectivity index (χ0) is 14.9. The van der Waals surface area contributed by atoms with Crippen LogP contribution in [0.15, 0.2) is 18.2 Å². The van der Waals surface area contributed by atoms with E-state index in [9.17, 15) is 4.79 Å². The van der Waals surface area contributed by atoms with Crippen LogP contribution in [0.5, 0.6) is 0 Å². The average molecular weight is 274 g/mol. The molecule has 1 aromatic heterocycles. The molecule has 0 spiro atoms. The van der Waals surface area contributed by atoms with E-state index in [4.69, 9.17) is 5.73 Å². The van der Waals surface area contributed by atoms with Gasteiger partial charge in [-0.05, 0) is 37.5 Å². The second-order valence-electron chi connectivity index (χ2n) is 5.43. The quantitative estimate of drug-likeness (QED) is 0.898. The van der Waals surface area contributed by atoms with Crippen molar-refractivity contribution < 1.29 is 4.79 Å². The van der Waals surface area contributed by atoms with Gasteiger partial charge in [-0.3, -0.25) is 10.1 Å². The van der Waals surface area contributed by atoms with Crippen molar-refractivity contribution in [3.05, 3.63) is 23.8 Å². The van der Waals surface area contributed by atoms with Crippen LogP contribution in [0.25, 0.3) is 11.0 Å². The van der Waals surface area contributed by atoms with Crippen LogP contribution in [0.4, 0.5) is 5.95 Å². The highest BCUT2D eigenvalue weighted by molar-refractivity contribution is 5.95. The van der Waals surface area contributed by atoms with E-state index in [1.807, 2.05) is 50.5 Å². The highest BCUT2D eigenvalue weighted by atomic mass is 16.2. The largest absolute Gasteiger partial charge is 0.320 e. The molecule has 1 atom stereocenters. The number of fused-ring (bicyclic) bond motifs is 1. The van der Waals surface area contributed by atoms with Gasteiger partial charge in [0.05, 0.1) is 17.1 Å². The molecule has 2 aromatic rings. The number of rotatable bonds is 4. The fraction of sp³-hybridized carbons (Fsp3) is 0.467. The summed E-state index contributed by atoms with van der Waals surface area (Å²) in [6.45, 7) is 8.65. The first-order valence-electron chi connectivity index (χ1n) is 6.97. The SMILES string of the molecule is CCn1c(NC(=O)[C@@H](N)C(C)C)nc2cc(C)ccc21. The van der Waals surface area contributed by atoms with Crippen LogP contribution in [0.2, 0.25) is 0 Å². The number of benzene rings is 1. The second kappa shape index (κ2) is 5.63. The van der Waals surface area contributed by atoms with E-state index in [1.54, 1.807) is 0 Å². The molecular weight excluding hydrogens is 252 g/mol. The van der Waals surface area contributed by atoms with Crippen LogP contribution in [0.1, 0.15) is 26.3 Å². The van der Waals surface area contributed by atoms with E-state index in [2.05, 4.69) is 10.3 Å². The van der Waals surface area contributed by atoms with Gasteiger partial charge < -0.3 is 10.3 Å². The van der Waals surface area contributed by atoms with Gasteiger partial charge in [0.15, 0.2) is 0 Å². The van der Waals surface area contributed by atoms with E-state index >= 15 is 0 Å². The summed E-state index contributed by atoms with van der Waals surface area (Å²) >= 11 is 0. The Bertz CT molecular complexity index is 630. The maximum Gasteiger partial charge on any atom is 0.243 e. The molecule has 1 heterocycles. The number of carbonyl (C=O) groups excluding carboxylic acids is 1. The minimum Gasteiger partial charge on any atom is -0.320 e. The van der Waals surface area contributed by atoms with Crippen LogP contribution in [0.3, 0.4) is 0 Å². The van der Waals surface area contributed by atoms with Gasteiger partial charge in [-0.15, -0.1) is 0 Å². The van der Waals surface area contributed by atoms with Crippen molar-refractivity contribution in [2.24, 2.45) is 11.7 Å². The highest BCUT2D eigenvalue weighted by Gasteiger charge is 2.20. The maximum absolute atomic E-state index is 12.1. The van der Waals surface area contributed by atoms with Gasteiger partial charge in [-0.2, -0.15) is 0 Å². The third kappa shape index (κ3) is 2.67. The van der Waals surface area contributed by atoms with Crippen molar-refractivity contribution in [1.29, 1.82) is 0 Å². The molecule has 0 radical (unpaired) electrons. The van der Waals surface area contributed by atoms with Gasteiger partial charge in [0.1, 0.15) is 0 Å². The summed E-state index contributed by atoms with van der Waals surface area (Å²) in [6, 6.07) is 5.56. The smallest absolute Gasteiger partial charge is 0.243 e. The molecule has 0 saturated carbocycles. The Morgan fingerprint density at radius 3 is 2.75 bits per heavy atom. The molecule has 0 aliphatic heterocycles. The maximum atomic E-state index is 12.1. The molecule has 3 N–H and O–H groups in total. The van der Waals surface area contributed by atoms with Crippen LogP contribution >= 0.6 is 0 Å². The fourth-order valence-corrected chi connectivity index (χ4v) is 2.15. The first-order chi connectivity index (χ1) is 9.43. The number of nitrogens with zero attached hydrogens (tertiary/aromatic N) is 2. The Hall–Kier alpha value is -1.88. The molecule has 0 fully saturated rings. The Morgan fingerprint density at radius 1 is 1.45 bits per heavy atom. The van der Waals surface area contributed by atoms with E-state index in [1.165, 1.54) is 0 Å².